The van der Waals surface area contributed by atoms with Gasteiger partial charge in [0.05, 0.1) is 25.5 Å². The van der Waals surface area contributed by atoms with Crippen LogP contribution in [0.4, 0.5) is 10.5 Å². The molecule has 2 amide bonds. The molecule has 1 fully saturated rings. The van der Waals surface area contributed by atoms with Gasteiger partial charge in [-0.25, -0.2) is 5.01 Å². The van der Waals surface area contributed by atoms with Crippen molar-refractivity contribution in [2.45, 2.75) is 58.1 Å². The maximum Gasteiger partial charge on any atom is 0.302 e. The molecule has 1 aliphatic heterocycles. The van der Waals surface area contributed by atoms with E-state index in [4.69, 9.17) is 9.47 Å². The van der Waals surface area contributed by atoms with Gasteiger partial charge in [0.15, 0.2) is 11.5 Å². The van der Waals surface area contributed by atoms with Crippen LogP contribution < -0.4 is 14.8 Å². The second-order valence-electron chi connectivity index (χ2n) is 8.54. The van der Waals surface area contributed by atoms with Crippen LogP contribution in [-0.4, -0.2) is 40.8 Å². The summed E-state index contributed by atoms with van der Waals surface area (Å²) in [4.78, 5) is 24.3. The molecular formula is C26H31N3O4S. The quantitative estimate of drug-likeness (QED) is 0.488. The number of anilines is 1. The first-order chi connectivity index (χ1) is 16.6. The summed E-state index contributed by atoms with van der Waals surface area (Å²) in [5.41, 5.74) is 3.44. The van der Waals surface area contributed by atoms with E-state index >= 15 is 0 Å². The van der Waals surface area contributed by atoms with E-state index in [-0.39, 0.29) is 17.3 Å². The molecule has 1 saturated carbocycles. The minimum Gasteiger partial charge on any atom is -0.493 e. The summed E-state index contributed by atoms with van der Waals surface area (Å²) in [5, 5.41) is 8.96. The monoisotopic (exact) mass is 481 g/mol. The molecule has 0 unspecified atom stereocenters. The molecule has 0 aromatic heterocycles. The molecule has 2 aromatic rings. The van der Waals surface area contributed by atoms with Gasteiger partial charge in [0.1, 0.15) is 0 Å². The Hall–Kier alpha value is -3.00. The number of hydrogen-bond donors (Lipinski definition) is 1. The van der Waals surface area contributed by atoms with Crippen molar-refractivity contribution in [1.29, 1.82) is 0 Å². The Kier molecular flexibility index (Phi) is 8.11. The zero-order valence-corrected chi connectivity index (χ0v) is 20.5. The first kappa shape index (κ1) is 24.1. The summed E-state index contributed by atoms with van der Waals surface area (Å²) in [5.74, 6) is 1.94. The number of hydrazone groups is 1. The van der Waals surface area contributed by atoms with Crippen LogP contribution in [0.1, 0.15) is 56.6 Å². The Bertz CT molecular complexity index is 1050. The normalized spacial score (nSPS) is 16.4. The average Bonchev–Trinajstić information content (AvgIpc) is 3.35. The standard InChI is InChI=1S/C26H31N3O4S/c1-3-6-25(30)27-20-12-9-18(10-13-20)16-29-26(31)34-17-22(28-29)19-11-14-23(32-2)24(15-19)33-21-7-4-5-8-21/h9-15,21H,3-8,16-17H2,1-2H3,(H,27,30). The number of ether oxygens (including phenoxy) is 2. The number of hydrogen-bond acceptors (Lipinski definition) is 6. The van der Waals surface area contributed by atoms with Crippen LogP contribution in [0.5, 0.6) is 11.5 Å². The van der Waals surface area contributed by atoms with E-state index in [0.29, 0.717) is 24.5 Å². The highest BCUT2D eigenvalue weighted by Gasteiger charge is 2.24. The zero-order valence-electron chi connectivity index (χ0n) is 19.7. The molecule has 0 atom stereocenters. The Morgan fingerprint density at radius 3 is 2.62 bits per heavy atom. The van der Waals surface area contributed by atoms with Crippen molar-refractivity contribution in [3.63, 3.8) is 0 Å². The van der Waals surface area contributed by atoms with Gasteiger partial charge in [-0.1, -0.05) is 30.8 Å². The molecule has 1 N–H and O–H groups in total. The third-order valence-electron chi connectivity index (χ3n) is 5.92. The van der Waals surface area contributed by atoms with E-state index in [1.54, 1.807) is 7.11 Å². The van der Waals surface area contributed by atoms with E-state index in [0.717, 1.165) is 47.5 Å². The van der Waals surface area contributed by atoms with E-state index in [9.17, 15) is 9.59 Å². The smallest absolute Gasteiger partial charge is 0.302 e. The third-order valence-corrected chi connectivity index (χ3v) is 6.80. The largest absolute Gasteiger partial charge is 0.493 e. The number of thioether (sulfide) groups is 1. The summed E-state index contributed by atoms with van der Waals surface area (Å²) in [6, 6.07) is 13.4. The molecule has 2 aromatic carbocycles. The number of carbonyl (C=O) groups excluding carboxylic acids is 2. The van der Waals surface area contributed by atoms with Gasteiger partial charge in [-0.2, -0.15) is 5.10 Å². The Balaban J connectivity index is 1.48. The molecule has 8 heteroatoms. The SMILES string of the molecule is CCCC(=O)Nc1ccc(CN2N=C(c3ccc(OC)c(OC4CCCC4)c3)CSC2=O)cc1. The van der Waals surface area contributed by atoms with Crippen LogP contribution in [0.15, 0.2) is 47.6 Å². The molecule has 0 bridgehead atoms. The average molecular weight is 482 g/mol. The van der Waals surface area contributed by atoms with Gasteiger partial charge in [-0.15, -0.1) is 0 Å². The molecule has 0 radical (unpaired) electrons. The maximum absolute atomic E-state index is 12.5. The van der Waals surface area contributed by atoms with Gasteiger partial charge in [-0.05, 0) is 68.0 Å². The minimum atomic E-state index is -0.0833. The van der Waals surface area contributed by atoms with Crippen molar-refractivity contribution < 1.29 is 19.1 Å². The highest BCUT2D eigenvalue weighted by atomic mass is 32.2. The summed E-state index contributed by atoms with van der Waals surface area (Å²) in [7, 11) is 1.64. The Labute approximate surface area is 204 Å². The molecule has 2 aliphatic rings. The summed E-state index contributed by atoms with van der Waals surface area (Å²) >= 11 is 1.24. The van der Waals surface area contributed by atoms with E-state index < -0.39 is 0 Å². The topological polar surface area (TPSA) is 80.2 Å². The lowest BCUT2D eigenvalue weighted by Crippen LogP contribution is -2.29. The molecule has 7 nitrogen and oxygen atoms in total. The first-order valence-electron chi connectivity index (χ1n) is 11.8. The van der Waals surface area contributed by atoms with Gasteiger partial charge in [0, 0.05) is 23.4 Å². The lowest BCUT2D eigenvalue weighted by molar-refractivity contribution is -0.116. The first-order valence-corrected chi connectivity index (χ1v) is 12.8. The maximum atomic E-state index is 12.5. The van der Waals surface area contributed by atoms with Gasteiger partial charge in [-0.3, -0.25) is 9.59 Å². The molecule has 4 rings (SSSR count). The zero-order chi connectivity index (χ0) is 23.9. The highest BCUT2D eigenvalue weighted by Crippen LogP contribution is 2.33. The van der Waals surface area contributed by atoms with Crippen LogP contribution in [0.2, 0.25) is 0 Å². The second kappa shape index (κ2) is 11.4. The molecule has 1 heterocycles. The predicted octanol–water partition coefficient (Wildman–Crippen LogP) is 5.83. The van der Waals surface area contributed by atoms with Crippen molar-refractivity contribution in [3.05, 3.63) is 53.6 Å². The number of amides is 2. The van der Waals surface area contributed by atoms with Gasteiger partial charge < -0.3 is 14.8 Å². The number of benzene rings is 2. The molecule has 0 saturated heterocycles. The van der Waals surface area contributed by atoms with E-state index in [2.05, 4.69) is 10.4 Å². The minimum absolute atomic E-state index is 0.00266. The summed E-state index contributed by atoms with van der Waals surface area (Å²) in [6.45, 7) is 2.33. The van der Waals surface area contributed by atoms with Crippen molar-refractivity contribution in [2.24, 2.45) is 5.10 Å². The molecular weight excluding hydrogens is 450 g/mol. The van der Waals surface area contributed by atoms with Crippen LogP contribution in [0, 0.1) is 0 Å². The molecule has 0 spiro atoms. The number of nitrogens with zero attached hydrogens (tertiary/aromatic N) is 2. The van der Waals surface area contributed by atoms with Crippen LogP contribution >= 0.6 is 11.8 Å². The second-order valence-corrected chi connectivity index (χ2v) is 9.47. The van der Waals surface area contributed by atoms with Crippen molar-refractivity contribution in [2.75, 3.05) is 18.2 Å². The van der Waals surface area contributed by atoms with E-state index in [1.165, 1.54) is 29.6 Å². The van der Waals surface area contributed by atoms with E-state index in [1.807, 2.05) is 49.4 Å². The fourth-order valence-corrected chi connectivity index (χ4v) is 4.85. The van der Waals surface area contributed by atoms with Gasteiger partial charge in [0.25, 0.3) is 0 Å². The lowest BCUT2D eigenvalue weighted by atomic mass is 10.1. The fourth-order valence-electron chi connectivity index (χ4n) is 4.11. The van der Waals surface area contributed by atoms with Crippen LogP contribution in [0.25, 0.3) is 0 Å². The molecule has 34 heavy (non-hydrogen) atoms. The lowest BCUT2D eigenvalue weighted by Gasteiger charge is -2.24. The highest BCUT2D eigenvalue weighted by molar-refractivity contribution is 8.14. The van der Waals surface area contributed by atoms with Crippen molar-refractivity contribution >= 4 is 34.3 Å². The predicted molar refractivity (Wildman–Crippen MR) is 136 cm³/mol. The van der Waals surface area contributed by atoms with Crippen molar-refractivity contribution in [1.82, 2.24) is 5.01 Å². The third kappa shape index (κ3) is 6.11. The molecule has 180 valence electrons. The van der Waals surface area contributed by atoms with Crippen LogP contribution in [0.3, 0.4) is 0 Å². The Morgan fingerprint density at radius 1 is 1.15 bits per heavy atom. The summed E-state index contributed by atoms with van der Waals surface area (Å²) < 4.78 is 11.7. The van der Waals surface area contributed by atoms with Crippen LogP contribution in [-0.2, 0) is 11.3 Å². The summed E-state index contributed by atoms with van der Waals surface area (Å²) in [6.07, 6.45) is 6.04. The van der Waals surface area contributed by atoms with Crippen molar-refractivity contribution in [3.8, 4) is 11.5 Å². The number of nitrogens with one attached hydrogen (secondary N) is 1. The number of methoxy groups -OCH3 is 1. The molecule has 1 aliphatic carbocycles. The fraction of sp³-hybridized carbons (Fsp3) is 0.423. The van der Waals surface area contributed by atoms with Gasteiger partial charge in [0.2, 0.25) is 5.91 Å². The number of rotatable bonds is 9. The van der Waals surface area contributed by atoms with Gasteiger partial charge >= 0.3 is 5.24 Å². The number of carbonyl (C=O) groups is 2. The Morgan fingerprint density at radius 2 is 1.91 bits per heavy atom.